The highest BCUT2D eigenvalue weighted by atomic mass is 35.5. The number of hydrogen-bond acceptors (Lipinski definition) is 3. The lowest BCUT2D eigenvalue weighted by Crippen LogP contribution is -2.30. The zero-order chi connectivity index (χ0) is 15.9. The van der Waals surface area contributed by atoms with E-state index in [2.05, 4.69) is 5.32 Å². The van der Waals surface area contributed by atoms with Crippen LogP contribution in [0, 0.1) is 0 Å². The Morgan fingerprint density at radius 2 is 1.82 bits per heavy atom. The summed E-state index contributed by atoms with van der Waals surface area (Å²) in [6.07, 6.45) is 0.680. The van der Waals surface area contributed by atoms with Crippen molar-refractivity contribution in [2.45, 2.75) is 18.9 Å². The number of aliphatic hydroxyl groups is 1. The first-order valence-corrected chi connectivity index (χ1v) is 7.40. The van der Waals surface area contributed by atoms with Gasteiger partial charge in [-0.15, -0.1) is 0 Å². The van der Waals surface area contributed by atoms with Crippen LogP contribution in [0.2, 0.25) is 5.02 Å². The summed E-state index contributed by atoms with van der Waals surface area (Å²) in [5.41, 5.74) is 1.52. The average molecular weight is 320 g/mol. The van der Waals surface area contributed by atoms with E-state index in [9.17, 15) is 15.0 Å². The molecule has 0 aliphatic rings. The molecule has 0 saturated heterocycles. The van der Waals surface area contributed by atoms with Crippen molar-refractivity contribution in [3.05, 3.63) is 64.7 Å². The summed E-state index contributed by atoms with van der Waals surface area (Å²) in [7, 11) is 0. The first-order valence-electron chi connectivity index (χ1n) is 7.02. The van der Waals surface area contributed by atoms with Gasteiger partial charge in [0.2, 0.25) is 5.91 Å². The Morgan fingerprint density at radius 3 is 2.45 bits per heavy atom. The van der Waals surface area contributed by atoms with Crippen LogP contribution in [-0.4, -0.2) is 22.7 Å². The average Bonchev–Trinajstić information content (AvgIpc) is 2.53. The summed E-state index contributed by atoms with van der Waals surface area (Å²) in [5, 5.41) is 22.5. The molecule has 0 bridgehead atoms. The van der Waals surface area contributed by atoms with Gasteiger partial charge in [-0.3, -0.25) is 4.79 Å². The second-order valence-corrected chi connectivity index (χ2v) is 5.42. The highest BCUT2D eigenvalue weighted by Crippen LogP contribution is 2.19. The van der Waals surface area contributed by atoms with Gasteiger partial charge in [-0.05, 0) is 35.7 Å². The molecule has 1 unspecified atom stereocenters. The molecule has 2 rings (SSSR count). The number of phenols is 1. The van der Waals surface area contributed by atoms with E-state index in [0.717, 1.165) is 11.1 Å². The molecule has 0 spiro atoms. The van der Waals surface area contributed by atoms with E-state index >= 15 is 0 Å². The summed E-state index contributed by atoms with van der Waals surface area (Å²) in [5.74, 6) is 0.00367. The Hall–Kier alpha value is -2.04. The number of aliphatic hydroxyl groups excluding tert-OH is 1. The van der Waals surface area contributed by atoms with E-state index in [-0.39, 0.29) is 24.7 Å². The van der Waals surface area contributed by atoms with Crippen LogP contribution in [0.25, 0.3) is 0 Å². The first kappa shape index (κ1) is 16.3. The van der Waals surface area contributed by atoms with E-state index in [1.165, 1.54) is 0 Å². The molecule has 0 saturated carbocycles. The summed E-state index contributed by atoms with van der Waals surface area (Å²) >= 11 is 5.82. The number of amides is 1. The molecule has 1 amide bonds. The van der Waals surface area contributed by atoms with Gasteiger partial charge in [-0.1, -0.05) is 41.9 Å². The number of phenolic OH excluding ortho intramolecular Hbond substituents is 1. The summed E-state index contributed by atoms with van der Waals surface area (Å²) in [4.78, 5) is 12.0. The number of hydrogen-bond donors (Lipinski definition) is 3. The van der Waals surface area contributed by atoms with E-state index in [1.807, 2.05) is 6.07 Å². The van der Waals surface area contributed by atoms with Crippen LogP contribution in [0.5, 0.6) is 5.75 Å². The minimum atomic E-state index is -0.464. The molecular formula is C17H18ClNO3. The van der Waals surface area contributed by atoms with Crippen molar-refractivity contribution in [1.29, 1.82) is 0 Å². The molecule has 1 atom stereocenters. The maximum absolute atomic E-state index is 12.0. The fraction of sp³-hybridized carbons (Fsp3) is 0.235. The third-order valence-corrected chi connectivity index (χ3v) is 3.66. The lowest BCUT2D eigenvalue weighted by atomic mass is 10.1. The third kappa shape index (κ3) is 4.48. The summed E-state index contributed by atoms with van der Waals surface area (Å²) in [6.45, 7) is -0.191. The molecule has 0 radical (unpaired) electrons. The van der Waals surface area contributed by atoms with Crippen LogP contribution < -0.4 is 5.32 Å². The Balaban J connectivity index is 1.92. The SMILES string of the molecule is O=C(CCc1ccccc1O)NC(CO)c1ccc(Cl)cc1. The van der Waals surface area contributed by atoms with Crippen molar-refractivity contribution in [3.63, 3.8) is 0 Å². The molecule has 0 aromatic heterocycles. The zero-order valence-electron chi connectivity index (χ0n) is 12.0. The second kappa shape index (κ2) is 7.82. The van der Waals surface area contributed by atoms with Crippen molar-refractivity contribution >= 4 is 17.5 Å². The lowest BCUT2D eigenvalue weighted by Gasteiger charge is -2.17. The Bertz CT molecular complexity index is 628. The normalized spacial score (nSPS) is 11.9. The predicted octanol–water partition coefficient (Wildman–Crippen LogP) is 2.83. The van der Waals surface area contributed by atoms with Crippen molar-refractivity contribution in [2.24, 2.45) is 0 Å². The van der Waals surface area contributed by atoms with Crippen molar-refractivity contribution in [1.82, 2.24) is 5.32 Å². The Morgan fingerprint density at radius 1 is 1.14 bits per heavy atom. The number of aryl methyl sites for hydroxylation is 1. The fourth-order valence-corrected chi connectivity index (χ4v) is 2.29. The maximum atomic E-state index is 12.0. The molecular weight excluding hydrogens is 302 g/mol. The predicted molar refractivity (Wildman–Crippen MR) is 85.8 cm³/mol. The summed E-state index contributed by atoms with van der Waals surface area (Å²) in [6, 6.07) is 13.4. The van der Waals surface area contributed by atoms with Crippen LogP contribution in [-0.2, 0) is 11.2 Å². The quantitative estimate of drug-likeness (QED) is 0.767. The number of carbonyl (C=O) groups excluding carboxylic acids is 1. The van der Waals surface area contributed by atoms with Gasteiger partial charge in [0.05, 0.1) is 12.6 Å². The largest absolute Gasteiger partial charge is 0.508 e. The highest BCUT2D eigenvalue weighted by molar-refractivity contribution is 6.30. The lowest BCUT2D eigenvalue weighted by molar-refractivity contribution is -0.122. The standard InChI is InChI=1S/C17H18ClNO3/c18-14-8-5-12(6-9-14)15(11-20)19-17(22)10-7-13-3-1-2-4-16(13)21/h1-6,8-9,15,20-21H,7,10-11H2,(H,19,22). The number of carbonyl (C=O) groups is 1. The van der Waals surface area contributed by atoms with Gasteiger partial charge in [0.1, 0.15) is 5.75 Å². The highest BCUT2D eigenvalue weighted by Gasteiger charge is 2.14. The molecule has 0 heterocycles. The third-order valence-electron chi connectivity index (χ3n) is 3.40. The number of nitrogens with one attached hydrogen (secondary N) is 1. The van der Waals surface area contributed by atoms with Crippen molar-refractivity contribution in [2.75, 3.05) is 6.61 Å². The monoisotopic (exact) mass is 319 g/mol. The van der Waals surface area contributed by atoms with Gasteiger partial charge >= 0.3 is 0 Å². The van der Waals surface area contributed by atoms with E-state index < -0.39 is 6.04 Å². The zero-order valence-corrected chi connectivity index (χ0v) is 12.8. The minimum absolute atomic E-state index is 0.183. The molecule has 3 N–H and O–H groups in total. The van der Waals surface area contributed by atoms with Crippen LogP contribution in [0.3, 0.4) is 0 Å². The second-order valence-electron chi connectivity index (χ2n) is 4.98. The Kier molecular flexibility index (Phi) is 5.81. The summed E-state index contributed by atoms with van der Waals surface area (Å²) < 4.78 is 0. The van der Waals surface area contributed by atoms with Gasteiger partial charge in [0.15, 0.2) is 0 Å². The molecule has 2 aromatic carbocycles. The molecule has 22 heavy (non-hydrogen) atoms. The van der Waals surface area contributed by atoms with Gasteiger partial charge in [0.25, 0.3) is 0 Å². The van der Waals surface area contributed by atoms with E-state index in [0.29, 0.717) is 11.4 Å². The topological polar surface area (TPSA) is 69.6 Å². The van der Waals surface area contributed by atoms with Crippen molar-refractivity contribution < 1.29 is 15.0 Å². The van der Waals surface area contributed by atoms with Crippen LogP contribution in [0.4, 0.5) is 0 Å². The van der Waals surface area contributed by atoms with Crippen LogP contribution >= 0.6 is 11.6 Å². The van der Waals surface area contributed by atoms with E-state index in [1.54, 1.807) is 42.5 Å². The van der Waals surface area contributed by atoms with E-state index in [4.69, 9.17) is 11.6 Å². The number of rotatable bonds is 6. The van der Waals surface area contributed by atoms with Gasteiger partial charge < -0.3 is 15.5 Å². The number of halogens is 1. The van der Waals surface area contributed by atoms with Gasteiger partial charge in [-0.2, -0.15) is 0 Å². The molecule has 0 aliphatic heterocycles. The first-order chi connectivity index (χ1) is 10.6. The number of para-hydroxylation sites is 1. The van der Waals surface area contributed by atoms with Crippen molar-refractivity contribution in [3.8, 4) is 5.75 Å². The Labute approximate surface area is 134 Å². The smallest absolute Gasteiger partial charge is 0.220 e. The van der Waals surface area contributed by atoms with Gasteiger partial charge in [0, 0.05) is 11.4 Å². The molecule has 2 aromatic rings. The minimum Gasteiger partial charge on any atom is -0.508 e. The fourth-order valence-electron chi connectivity index (χ4n) is 2.17. The van der Waals surface area contributed by atoms with Crippen LogP contribution in [0.1, 0.15) is 23.6 Å². The molecule has 116 valence electrons. The number of benzene rings is 2. The van der Waals surface area contributed by atoms with Crippen LogP contribution in [0.15, 0.2) is 48.5 Å². The van der Waals surface area contributed by atoms with Gasteiger partial charge in [-0.25, -0.2) is 0 Å². The number of aromatic hydroxyl groups is 1. The maximum Gasteiger partial charge on any atom is 0.220 e. The molecule has 5 heteroatoms. The molecule has 0 fully saturated rings. The molecule has 4 nitrogen and oxygen atoms in total. The molecule has 0 aliphatic carbocycles.